The SMILES string of the molecule is CCCC(NC(=O)C1C[C@H](OC(=O)N2CCc3ccccc3C2)CN1C(=O)[C@@H](NC(=O)C(=O)Cc1ccccc1)C(C)C)C(=O)C(=O)NCC(=O)O. The maximum absolute atomic E-state index is 14.2. The lowest BCUT2D eigenvalue weighted by molar-refractivity contribution is -0.145. The van der Waals surface area contributed by atoms with E-state index < -0.39 is 83.9 Å². The Kier molecular flexibility index (Phi) is 13.6. The lowest BCUT2D eigenvalue weighted by Crippen LogP contribution is -2.58. The number of carboxylic acid groups (broad SMARTS) is 1. The zero-order valence-electron chi connectivity index (χ0n) is 29.5. The molecule has 15 heteroatoms. The summed E-state index contributed by atoms with van der Waals surface area (Å²) in [6, 6.07) is 12.5. The summed E-state index contributed by atoms with van der Waals surface area (Å²) in [4.78, 5) is 106. The number of carbonyl (C=O) groups excluding carboxylic acids is 7. The Hall–Kier alpha value is -5.60. The van der Waals surface area contributed by atoms with Crippen LogP contribution in [0.2, 0.25) is 0 Å². The number of ketones is 2. The minimum atomic E-state index is -1.36. The van der Waals surface area contributed by atoms with E-state index in [1.165, 1.54) is 4.90 Å². The van der Waals surface area contributed by atoms with Crippen LogP contribution < -0.4 is 16.0 Å². The van der Waals surface area contributed by atoms with Gasteiger partial charge in [0.1, 0.15) is 24.7 Å². The van der Waals surface area contributed by atoms with Gasteiger partial charge >= 0.3 is 12.1 Å². The van der Waals surface area contributed by atoms with Crippen LogP contribution in [-0.4, -0.2) is 106 Å². The molecule has 2 aromatic rings. The van der Waals surface area contributed by atoms with Gasteiger partial charge in [-0.25, -0.2) is 4.79 Å². The molecule has 0 spiro atoms. The van der Waals surface area contributed by atoms with E-state index in [1.54, 1.807) is 51.1 Å². The second-order valence-corrected chi connectivity index (χ2v) is 13.3. The Morgan fingerprint density at radius 3 is 2.23 bits per heavy atom. The monoisotopic (exact) mass is 719 g/mol. The van der Waals surface area contributed by atoms with Gasteiger partial charge in [-0.15, -0.1) is 0 Å². The first-order valence-electron chi connectivity index (χ1n) is 17.3. The van der Waals surface area contributed by atoms with Crippen molar-refractivity contribution >= 4 is 47.3 Å². The van der Waals surface area contributed by atoms with Gasteiger partial charge in [0.05, 0.1) is 12.6 Å². The Balaban J connectivity index is 1.53. The summed E-state index contributed by atoms with van der Waals surface area (Å²) in [5.74, 6) is -7.43. The molecule has 0 radical (unpaired) electrons. The largest absolute Gasteiger partial charge is 0.480 e. The van der Waals surface area contributed by atoms with Crippen molar-refractivity contribution in [1.82, 2.24) is 25.8 Å². The fourth-order valence-corrected chi connectivity index (χ4v) is 6.25. The summed E-state index contributed by atoms with van der Waals surface area (Å²) >= 11 is 0. The summed E-state index contributed by atoms with van der Waals surface area (Å²) < 4.78 is 5.83. The summed E-state index contributed by atoms with van der Waals surface area (Å²) in [7, 11) is 0. The summed E-state index contributed by atoms with van der Waals surface area (Å²) in [6.07, 6.45) is -0.904. The molecule has 2 aromatic carbocycles. The third-order valence-corrected chi connectivity index (χ3v) is 9.02. The molecule has 278 valence electrons. The van der Waals surface area contributed by atoms with Crippen LogP contribution in [0.25, 0.3) is 0 Å². The van der Waals surface area contributed by atoms with E-state index in [0.717, 1.165) is 16.0 Å². The number of nitrogens with one attached hydrogen (secondary N) is 3. The number of hydrogen-bond donors (Lipinski definition) is 4. The highest BCUT2D eigenvalue weighted by Gasteiger charge is 2.45. The molecule has 5 amide bonds. The smallest absolute Gasteiger partial charge is 0.410 e. The number of Topliss-reactive ketones (excluding diaryl/α,β-unsaturated/α-hetero) is 2. The molecule has 2 aliphatic rings. The number of nitrogens with zero attached hydrogens (tertiary/aromatic N) is 2. The first kappa shape index (κ1) is 39.2. The molecule has 0 saturated carbocycles. The van der Waals surface area contributed by atoms with Crippen LogP contribution in [0.15, 0.2) is 54.6 Å². The maximum Gasteiger partial charge on any atom is 0.410 e. The zero-order valence-corrected chi connectivity index (χ0v) is 29.5. The minimum absolute atomic E-state index is 0.0365. The number of fused-ring (bicyclic) bond motifs is 1. The molecule has 2 aliphatic heterocycles. The third-order valence-electron chi connectivity index (χ3n) is 9.02. The van der Waals surface area contributed by atoms with E-state index in [2.05, 4.69) is 10.6 Å². The predicted molar refractivity (Wildman–Crippen MR) is 185 cm³/mol. The molecule has 52 heavy (non-hydrogen) atoms. The number of likely N-dealkylation sites (tertiary alicyclic amines) is 1. The van der Waals surface area contributed by atoms with Gasteiger partial charge in [-0.3, -0.25) is 33.6 Å². The van der Waals surface area contributed by atoms with Gasteiger partial charge in [0.25, 0.3) is 11.8 Å². The topological polar surface area (TPSA) is 209 Å². The third kappa shape index (κ3) is 10.2. The summed E-state index contributed by atoms with van der Waals surface area (Å²) in [6.45, 7) is 4.73. The van der Waals surface area contributed by atoms with E-state index in [9.17, 15) is 38.4 Å². The van der Waals surface area contributed by atoms with Crippen LogP contribution in [0.5, 0.6) is 0 Å². The number of ether oxygens (including phenoxy) is 1. The maximum atomic E-state index is 14.2. The van der Waals surface area contributed by atoms with Crippen LogP contribution in [0.1, 0.15) is 56.7 Å². The molecule has 1 saturated heterocycles. The van der Waals surface area contributed by atoms with Crippen molar-refractivity contribution in [2.45, 2.75) is 83.6 Å². The van der Waals surface area contributed by atoms with Crippen LogP contribution >= 0.6 is 0 Å². The lowest BCUT2D eigenvalue weighted by atomic mass is 10.0. The number of rotatable bonds is 15. The molecule has 4 atom stereocenters. The molecular weight excluding hydrogens is 674 g/mol. The number of carboxylic acids is 1. The van der Waals surface area contributed by atoms with E-state index in [0.29, 0.717) is 31.5 Å². The molecule has 4 N–H and O–H groups in total. The average molecular weight is 720 g/mol. The van der Waals surface area contributed by atoms with Gasteiger partial charge in [-0.1, -0.05) is 81.8 Å². The van der Waals surface area contributed by atoms with E-state index >= 15 is 0 Å². The Bertz CT molecular complexity index is 1680. The number of carbonyl (C=O) groups is 8. The van der Waals surface area contributed by atoms with Crippen molar-refractivity contribution < 1.29 is 48.2 Å². The summed E-state index contributed by atoms with van der Waals surface area (Å²) in [5, 5.41) is 15.9. The highest BCUT2D eigenvalue weighted by atomic mass is 16.6. The normalized spacial score (nSPS) is 17.7. The Morgan fingerprint density at radius 2 is 1.58 bits per heavy atom. The minimum Gasteiger partial charge on any atom is -0.480 e. The van der Waals surface area contributed by atoms with Gasteiger partial charge in [0, 0.05) is 25.9 Å². The van der Waals surface area contributed by atoms with Crippen LogP contribution in [0, 0.1) is 5.92 Å². The molecule has 2 heterocycles. The molecule has 15 nitrogen and oxygen atoms in total. The highest BCUT2D eigenvalue weighted by molar-refractivity contribution is 6.38. The molecular formula is C37H45N5O10. The Morgan fingerprint density at radius 1 is 0.904 bits per heavy atom. The predicted octanol–water partition coefficient (Wildman–Crippen LogP) is 1.16. The van der Waals surface area contributed by atoms with Crippen molar-refractivity contribution in [2.75, 3.05) is 19.6 Å². The lowest BCUT2D eigenvalue weighted by Gasteiger charge is -2.31. The van der Waals surface area contributed by atoms with E-state index in [-0.39, 0.29) is 25.8 Å². The Labute approximate surface area is 301 Å². The number of hydrogen-bond acceptors (Lipinski definition) is 9. The summed E-state index contributed by atoms with van der Waals surface area (Å²) in [5.41, 5.74) is 2.71. The molecule has 0 aromatic heterocycles. The van der Waals surface area contributed by atoms with Crippen LogP contribution in [0.4, 0.5) is 4.79 Å². The molecule has 0 bridgehead atoms. The van der Waals surface area contributed by atoms with Crippen molar-refractivity contribution in [3.63, 3.8) is 0 Å². The van der Waals surface area contributed by atoms with Gasteiger partial charge in [-0.2, -0.15) is 0 Å². The molecule has 1 fully saturated rings. The second kappa shape index (κ2) is 18.1. The van der Waals surface area contributed by atoms with Gasteiger partial charge in [-0.05, 0) is 35.4 Å². The number of benzene rings is 2. The molecule has 2 unspecified atom stereocenters. The quantitative estimate of drug-likeness (QED) is 0.193. The zero-order chi connectivity index (χ0) is 37.9. The van der Waals surface area contributed by atoms with Gasteiger partial charge in [0.15, 0.2) is 0 Å². The van der Waals surface area contributed by atoms with Crippen molar-refractivity contribution in [3.8, 4) is 0 Å². The van der Waals surface area contributed by atoms with Crippen LogP contribution in [0.3, 0.4) is 0 Å². The fraction of sp³-hybridized carbons (Fsp3) is 0.459. The average Bonchev–Trinajstić information content (AvgIpc) is 3.55. The van der Waals surface area contributed by atoms with Crippen molar-refractivity contribution in [1.29, 1.82) is 0 Å². The van der Waals surface area contributed by atoms with E-state index in [1.807, 2.05) is 29.6 Å². The first-order valence-corrected chi connectivity index (χ1v) is 17.3. The second-order valence-electron chi connectivity index (χ2n) is 13.3. The first-order chi connectivity index (χ1) is 24.8. The molecule has 0 aliphatic carbocycles. The highest BCUT2D eigenvalue weighted by Crippen LogP contribution is 2.26. The number of amides is 5. The van der Waals surface area contributed by atoms with Crippen molar-refractivity contribution in [2.24, 2.45) is 5.92 Å². The van der Waals surface area contributed by atoms with Crippen LogP contribution in [-0.2, 0) is 57.7 Å². The van der Waals surface area contributed by atoms with Gasteiger partial charge in [0.2, 0.25) is 23.4 Å². The van der Waals surface area contributed by atoms with E-state index in [4.69, 9.17) is 9.84 Å². The van der Waals surface area contributed by atoms with Gasteiger partial charge < -0.3 is 35.6 Å². The fourth-order valence-electron chi connectivity index (χ4n) is 6.25. The van der Waals surface area contributed by atoms with Crippen molar-refractivity contribution in [3.05, 3.63) is 71.3 Å². The molecule has 4 rings (SSSR count). The standard InChI is InChI=1S/C37H45N5O10/c1-4-10-27(32(46)35(49)38-19-30(44)45)39-33(47)28-18-26(52-37(51)41-16-15-24-13-8-9-14-25(24)20-41)21-42(28)36(50)31(22(2)3)40-34(48)29(43)17-23-11-6-5-7-12-23/h5-9,11-14,22,26-28,31H,4,10,15-21H2,1-3H3,(H,38,49)(H,39,47)(H,40,48)(H,44,45)/t26-,27?,28?,31-/m0/s1. The number of aliphatic carboxylic acids is 1.